The Morgan fingerprint density at radius 1 is 0.750 bits per heavy atom. The first-order valence-electron chi connectivity index (χ1n) is 4.79. The molecule has 0 aromatic carbocycles. The van der Waals surface area contributed by atoms with E-state index in [2.05, 4.69) is 0 Å². The number of hydrogen-bond donors (Lipinski definition) is 3. The van der Waals surface area contributed by atoms with Gasteiger partial charge >= 0.3 is 17.9 Å². The van der Waals surface area contributed by atoms with E-state index < -0.39 is 25.8 Å². The Morgan fingerprint density at radius 3 is 1.19 bits per heavy atom. The fraction of sp³-hybridized carbons (Fsp3) is 0.667. The monoisotopic (exact) mass is 252 g/mol. The van der Waals surface area contributed by atoms with Crippen LogP contribution in [0.15, 0.2) is 0 Å². The summed E-state index contributed by atoms with van der Waals surface area (Å²) in [6.07, 6.45) is 1.11. The molecule has 0 radical (unpaired) electrons. The van der Waals surface area contributed by atoms with E-state index in [1.165, 1.54) is 0 Å². The third-order valence-electron chi connectivity index (χ3n) is 1.93. The molecule has 0 unspecified atom stereocenters. The molecule has 94 valence electrons. The first kappa shape index (κ1) is 14.8. The molecular weight excluding hydrogens is 235 g/mol. The Labute approximate surface area is 95.5 Å². The maximum Gasteiger partial charge on any atom is 0.303 e. The summed E-state index contributed by atoms with van der Waals surface area (Å²) in [6.45, 7) is 0. The van der Waals surface area contributed by atoms with Crippen LogP contribution in [0.5, 0.6) is 0 Å². The highest BCUT2D eigenvalue weighted by atomic mass is 31.1. The lowest BCUT2D eigenvalue weighted by Gasteiger charge is -2.14. The number of carbonyl (C=O) groups is 3. The Balaban J connectivity index is 0. The van der Waals surface area contributed by atoms with Crippen LogP contribution < -0.4 is 0 Å². The van der Waals surface area contributed by atoms with Crippen LogP contribution in [0.3, 0.4) is 0 Å². The molecule has 16 heavy (non-hydrogen) atoms. The lowest BCUT2D eigenvalue weighted by Crippen LogP contribution is -2.07. The van der Waals surface area contributed by atoms with E-state index in [0.29, 0.717) is 18.5 Å². The SMILES string of the molecule is O=C(O)CCP(CCC(=O)O)CCC(=O)O.[HH]. The van der Waals surface area contributed by atoms with Crippen molar-refractivity contribution in [3.63, 3.8) is 0 Å². The molecule has 0 saturated heterocycles. The summed E-state index contributed by atoms with van der Waals surface area (Å²) in [5.41, 5.74) is 0. The van der Waals surface area contributed by atoms with Crippen molar-refractivity contribution in [2.75, 3.05) is 18.5 Å². The lowest BCUT2D eigenvalue weighted by molar-refractivity contribution is -0.137. The van der Waals surface area contributed by atoms with Gasteiger partial charge in [0.1, 0.15) is 0 Å². The summed E-state index contributed by atoms with van der Waals surface area (Å²) in [7, 11) is -0.801. The molecule has 0 aromatic heterocycles. The summed E-state index contributed by atoms with van der Waals surface area (Å²) >= 11 is 0. The van der Waals surface area contributed by atoms with Crippen molar-refractivity contribution in [3.8, 4) is 0 Å². The van der Waals surface area contributed by atoms with Crippen LogP contribution in [-0.4, -0.2) is 51.7 Å². The van der Waals surface area contributed by atoms with E-state index in [9.17, 15) is 14.4 Å². The molecule has 0 atom stereocenters. The van der Waals surface area contributed by atoms with Crippen LogP contribution in [0.2, 0.25) is 0 Å². The van der Waals surface area contributed by atoms with Gasteiger partial charge in [-0.15, -0.1) is 7.92 Å². The second-order valence-electron chi connectivity index (χ2n) is 3.27. The maximum atomic E-state index is 10.4. The molecule has 0 bridgehead atoms. The van der Waals surface area contributed by atoms with Crippen LogP contribution in [0.25, 0.3) is 0 Å². The Morgan fingerprint density at radius 2 is 1.00 bits per heavy atom. The molecule has 3 N–H and O–H groups in total. The predicted molar refractivity (Wildman–Crippen MR) is 60.4 cm³/mol. The van der Waals surface area contributed by atoms with E-state index in [4.69, 9.17) is 15.3 Å². The molecular formula is C9H17O6P. The number of carboxylic acids is 3. The van der Waals surface area contributed by atoms with Crippen molar-refractivity contribution in [3.05, 3.63) is 0 Å². The van der Waals surface area contributed by atoms with Gasteiger partial charge in [-0.05, 0) is 18.5 Å². The molecule has 6 nitrogen and oxygen atoms in total. The predicted octanol–water partition coefficient (Wildman–Crippen LogP) is 1.14. The summed E-state index contributed by atoms with van der Waals surface area (Å²) in [6, 6.07) is 0. The van der Waals surface area contributed by atoms with Crippen molar-refractivity contribution in [1.82, 2.24) is 0 Å². The molecule has 0 aliphatic rings. The number of rotatable bonds is 9. The minimum absolute atomic E-state index is 0. The molecule has 0 aliphatic carbocycles. The smallest absolute Gasteiger partial charge is 0.303 e. The Kier molecular flexibility index (Phi) is 7.46. The van der Waals surface area contributed by atoms with Gasteiger partial charge in [-0.3, -0.25) is 14.4 Å². The van der Waals surface area contributed by atoms with E-state index >= 15 is 0 Å². The van der Waals surface area contributed by atoms with Crippen LogP contribution >= 0.6 is 7.92 Å². The van der Waals surface area contributed by atoms with Crippen molar-refractivity contribution in [2.24, 2.45) is 0 Å². The van der Waals surface area contributed by atoms with Crippen LogP contribution in [-0.2, 0) is 14.4 Å². The van der Waals surface area contributed by atoms with Gasteiger partial charge in [0, 0.05) is 20.7 Å². The molecule has 7 heteroatoms. The molecule has 0 spiro atoms. The first-order valence-corrected chi connectivity index (χ1v) is 6.69. The van der Waals surface area contributed by atoms with Gasteiger partial charge in [0.15, 0.2) is 0 Å². The number of aliphatic carboxylic acids is 3. The molecule has 0 heterocycles. The highest BCUT2D eigenvalue weighted by Gasteiger charge is 2.13. The molecule has 0 aromatic rings. The minimum Gasteiger partial charge on any atom is -0.481 e. The molecule has 0 saturated carbocycles. The van der Waals surface area contributed by atoms with Crippen molar-refractivity contribution in [1.29, 1.82) is 0 Å². The van der Waals surface area contributed by atoms with Crippen LogP contribution in [0.4, 0.5) is 0 Å². The Bertz CT molecular complexity index is 227. The van der Waals surface area contributed by atoms with Gasteiger partial charge in [-0.1, -0.05) is 0 Å². The zero-order valence-electron chi connectivity index (χ0n) is 8.76. The molecule has 0 amide bonds. The number of hydrogen-bond acceptors (Lipinski definition) is 3. The largest absolute Gasteiger partial charge is 0.481 e. The van der Waals surface area contributed by atoms with Gasteiger partial charge in [0.05, 0.1) is 0 Å². The van der Waals surface area contributed by atoms with E-state index in [0.717, 1.165) is 0 Å². The summed E-state index contributed by atoms with van der Waals surface area (Å²) in [5.74, 6) is -2.80. The van der Waals surface area contributed by atoms with Crippen molar-refractivity contribution >= 4 is 25.8 Å². The average molecular weight is 252 g/mol. The molecule has 0 fully saturated rings. The summed E-state index contributed by atoms with van der Waals surface area (Å²) in [4.78, 5) is 31.1. The topological polar surface area (TPSA) is 112 Å². The fourth-order valence-electron chi connectivity index (χ4n) is 1.10. The normalized spacial score (nSPS) is 10.3. The van der Waals surface area contributed by atoms with E-state index in [-0.39, 0.29) is 20.7 Å². The lowest BCUT2D eigenvalue weighted by atomic mass is 10.5. The van der Waals surface area contributed by atoms with Gasteiger partial charge in [-0.2, -0.15) is 0 Å². The summed E-state index contributed by atoms with van der Waals surface area (Å²) in [5, 5.41) is 25.5. The quantitative estimate of drug-likeness (QED) is 0.530. The van der Waals surface area contributed by atoms with E-state index in [1.54, 1.807) is 0 Å². The first-order chi connectivity index (χ1) is 7.41. The average Bonchev–Trinajstić information content (AvgIpc) is 2.15. The minimum atomic E-state index is -0.932. The van der Waals surface area contributed by atoms with Gasteiger partial charge < -0.3 is 15.3 Å². The maximum absolute atomic E-state index is 10.4. The van der Waals surface area contributed by atoms with Gasteiger partial charge in [0.2, 0.25) is 0 Å². The van der Waals surface area contributed by atoms with Gasteiger partial charge in [-0.25, -0.2) is 0 Å². The van der Waals surface area contributed by atoms with Crippen LogP contribution in [0, 0.1) is 0 Å². The fourth-order valence-corrected chi connectivity index (χ4v) is 3.29. The number of carboxylic acid groups (broad SMARTS) is 3. The second-order valence-corrected chi connectivity index (χ2v) is 5.96. The highest BCUT2D eigenvalue weighted by Crippen LogP contribution is 2.37. The van der Waals surface area contributed by atoms with E-state index in [1.807, 2.05) is 0 Å². The van der Waals surface area contributed by atoms with Crippen molar-refractivity contribution in [2.45, 2.75) is 19.3 Å². The van der Waals surface area contributed by atoms with Crippen molar-refractivity contribution < 1.29 is 31.1 Å². The highest BCUT2D eigenvalue weighted by molar-refractivity contribution is 7.57. The summed E-state index contributed by atoms with van der Waals surface area (Å²) < 4.78 is 0. The third kappa shape index (κ3) is 9.40. The standard InChI is InChI=1S/C9H15O6P.H2/c10-7(11)1-4-16(5-2-8(12)13)6-3-9(14)15;/h1-6H2,(H,10,11)(H,12,13)(H,14,15);1H. The molecule has 0 rings (SSSR count). The van der Waals surface area contributed by atoms with Gasteiger partial charge in [0.25, 0.3) is 0 Å². The molecule has 0 aliphatic heterocycles. The third-order valence-corrected chi connectivity index (χ3v) is 4.49. The Hall–Kier alpha value is -1.16. The van der Waals surface area contributed by atoms with Crippen LogP contribution in [0.1, 0.15) is 20.7 Å². The zero-order valence-corrected chi connectivity index (χ0v) is 9.65. The second kappa shape index (κ2) is 8.05. The zero-order chi connectivity index (χ0) is 12.6.